The Morgan fingerprint density at radius 1 is 1.22 bits per heavy atom. The molecule has 0 aliphatic carbocycles. The fourth-order valence-electron chi connectivity index (χ4n) is 2.92. The van der Waals surface area contributed by atoms with Gasteiger partial charge < -0.3 is 14.2 Å². The van der Waals surface area contributed by atoms with Gasteiger partial charge in [-0.15, -0.1) is 5.54 Å². The molecule has 0 amide bonds. The zero-order chi connectivity index (χ0) is 17.0. The lowest BCUT2D eigenvalue weighted by molar-refractivity contribution is -0.482. The second kappa shape index (κ2) is 7.19. The van der Waals surface area contributed by atoms with Crippen LogP contribution in [0, 0.1) is 28.2 Å². The standard InChI is InChI=1S/C18H27NO3Si/c1-5-10-17-14-20-18(21-15-17,22-16(17)13-19)11-8-6-7-9-12-23(2,3)4/h6-7,16H,5,8,10-11,14-15H2,1-4H3. The Labute approximate surface area is 140 Å². The van der Waals surface area contributed by atoms with Gasteiger partial charge >= 0.3 is 0 Å². The van der Waals surface area contributed by atoms with E-state index < -0.39 is 20.2 Å². The number of allylic oxidation sites excluding steroid dienone is 2. The quantitative estimate of drug-likeness (QED) is 0.570. The molecular weight excluding hydrogens is 306 g/mol. The largest absolute Gasteiger partial charge is 0.327 e. The molecule has 5 heteroatoms. The highest BCUT2D eigenvalue weighted by Gasteiger charge is 2.57. The lowest BCUT2D eigenvalue weighted by atomic mass is 9.78. The molecule has 3 fully saturated rings. The molecule has 0 saturated carbocycles. The van der Waals surface area contributed by atoms with Crippen LogP contribution in [0.4, 0.5) is 0 Å². The van der Waals surface area contributed by atoms with E-state index >= 15 is 0 Å². The number of ether oxygens (including phenoxy) is 3. The predicted octanol–water partition coefficient (Wildman–Crippen LogP) is 3.61. The summed E-state index contributed by atoms with van der Waals surface area (Å²) < 4.78 is 17.6. The van der Waals surface area contributed by atoms with Crippen LogP contribution >= 0.6 is 0 Å². The third kappa shape index (κ3) is 4.46. The van der Waals surface area contributed by atoms with Gasteiger partial charge in [0.2, 0.25) is 0 Å². The highest BCUT2D eigenvalue weighted by Crippen LogP contribution is 2.47. The summed E-state index contributed by atoms with van der Waals surface area (Å²) in [7, 11) is -1.32. The van der Waals surface area contributed by atoms with E-state index in [0.717, 1.165) is 19.3 Å². The van der Waals surface area contributed by atoms with E-state index in [1.54, 1.807) is 0 Å². The van der Waals surface area contributed by atoms with Crippen molar-refractivity contribution >= 4 is 8.07 Å². The normalized spacial score (nSPS) is 33.3. The fraction of sp³-hybridized carbons (Fsp3) is 0.722. The van der Waals surface area contributed by atoms with E-state index in [9.17, 15) is 5.26 Å². The molecule has 1 atom stereocenters. The molecule has 0 aromatic heterocycles. The van der Waals surface area contributed by atoms with Crippen LogP contribution in [0.5, 0.6) is 0 Å². The van der Waals surface area contributed by atoms with Gasteiger partial charge in [-0.25, -0.2) is 0 Å². The minimum Gasteiger partial charge on any atom is -0.327 e. The Hall–Kier alpha value is -1.11. The number of hydrogen-bond donors (Lipinski definition) is 0. The van der Waals surface area contributed by atoms with Crippen LogP contribution in [0.15, 0.2) is 12.2 Å². The van der Waals surface area contributed by atoms with E-state index in [1.807, 2.05) is 12.2 Å². The minimum absolute atomic E-state index is 0.302. The van der Waals surface area contributed by atoms with Gasteiger partial charge in [0.15, 0.2) is 6.10 Å². The maximum absolute atomic E-state index is 9.42. The lowest BCUT2D eigenvalue weighted by Gasteiger charge is -2.54. The van der Waals surface area contributed by atoms with Crippen LogP contribution in [-0.4, -0.2) is 33.4 Å². The lowest BCUT2D eigenvalue weighted by Crippen LogP contribution is -2.64. The summed E-state index contributed by atoms with van der Waals surface area (Å²) in [6.07, 6.45) is 6.66. The Bertz CT molecular complexity index is 539. The molecule has 23 heavy (non-hydrogen) atoms. The third-order valence-electron chi connectivity index (χ3n) is 4.14. The molecule has 0 aromatic carbocycles. The molecule has 3 saturated heterocycles. The summed E-state index contributed by atoms with van der Waals surface area (Å²) in [5.41, 5.74) is 2.99. The first-order valence-corrected chi connectivity index (χ1v) is 11.9. The molecule has 0 radical (unpaired) electrons. The maximum atomic E-state index is 9.42. The fourth-order valence-corrected chi connectivity index (χ4v) is 3.43. The first-order chi connectivity index (χ1) is 10.8. The minimum atomic E-state index is -1.32. The number of fused-ring (bicyclic) bond motifs is 3. The first kappa shape index (κ1) is 18.2. The Balaban J connectivity index is 1.91. The maximum Gasteiger partial charge on any atom is 0.284 e. The zero-order valence-electron chi connectivity index (χ0n) is 14.6. The van der Waals surface area contributed by atoms with Crippen LogP contribution in [0.1, 0.15) is 32.6 Å². The second-order valence-corrected chi connectivity index (χ2v) is 12.2. The molecule has 1 unspecified atom stereocenters. The average molecular weight is 334 g/mol. The molecule has 3 heterocycles. The molecule has 0 spiro atoms. The summed E-state index contributed by atoms with van der Waals surface area (Å²) in [6.45, 7) is 9.84. The number of hydrogen-bond acceptors (Lipinski definition) is 4. The molecular formula is C18H27NO3Si. The number of rotatable bonds is 5. The summed E-state index contributed by atoms with van der Waals surface area (Å²) in [4.78, 5) is 0. The zero-order valence-corrected chi connectivity index (χ0v) is 15.6. The van der Waals surface area contributed by atoms with Crippen molar-refractivity contribution in [3.05, 3.63) is 12.2 Å². The highest BCUT2D eigenvalue weighted by molar-refractivity contribution is 6.83. The highest BCUT2D eigenvalue weighted by atomic mass is 28.3. The van der Waals surface area contributed by atoms with Crippen molar-refractivity contribution in [2.24, 2.45) is 5.41 Å². The summed E-state index contributed by atoms with van der Waals surface area (Å²) >= 11 is 0. The molecule has 3 aliphatic rings. The van der Waals surface area contributed by atoms with E-state index in [1.165, 1.54) is 0 Å². The predicted molar refractivity (Wildman–Crippen MR) is 92.0 cm³/mol. The molecule has 4 nitrogen and oxygen atoms in total. The first-order valence-electron chi connectivity index (χ1n) is 8.38. The summed E-state index contributed by atoms with van der Waals surface area (Å²) in [5, 5.41) is 9.42. The summed E-state index contributed by atoms with van der Waals surface area (Å²) in [6, 6.07) is 2.30. The van der Waals surface area contributed by atoms with E-state index in [0.29, 0.717) is 19.6 Å². The average Bonchev–Trinajstić information content (AvgIpc) is 2.51. The van der Waals surface area contributed by atoms with Gasteiger partial charge in [0.25, 0.3) is 5.97 Å². The molecule has 126 valence electrons. The second-order valence-electron chi connectivity index (χ2n) is 7.46. The van der Waals surface area contributed by atoms with Crippen LogP contribution in [0.25, 0.3) is 0 Å². The van der Waals surface area contributed by atoms with Gasteiger partial charge in [-0.3, -0.25) is 0 Å². The molecule has 0 N–H and O–H groups in total. The Kier molecular flexibility index (Phi) is 5.70. The van der Waals surface area contributed by atoms with Gasteiger partial charge in [0.1, 0.15) is 8.07 Å². The molecule has 3 aliphatic heterocycles. The van der Waals surface area contributed by atoms with Crippen molar-refractivity contribution in [3.8, 4) is 17.5 Å². The van der Waals surface area contributed by atoms with Gasteiger partial charge in [0.05, 0.1) is 24.7 Å². The molecule has 2 bridgehead atoms. The van der Waals surface area contributed by atoms with Crippen molar-refractivity contribution in [2.75, 3.05) is 13.2 Å². The van der Waals surface area contributed by atoms with Gasteiger partial charge in [-0.1, -0.05) is 45.0 Å². The van der Waals surface area contributed by atoms with Crippen molar-refractivity contribution < 1.29 is 14.2 Å². The third-order valence-corrected chi connectivity index (χ3v) is 5.04. The SMILES string of the molecule is CCCC12COC(CCC=CC#C[Si](C)(C)C)(OC1)OC2C#N. The molecule has 0 aromatic rings. The van der Waals surface area contributed by atoms with Gasteiger partial charge in [-0.2, -0.15) is 5.26 Å². The van der Waals surface area contributed by atoms with Crippen molar-refractivity contribution in [1.29, 1.82) is 5.26 Å². The van der Waals surface area contributed by atoms with Gasteiger partial charge in [0, 0.05) is 6.42 Å². The van der Waals surface area contributed by atoms with Crippen molar-refractivity contribution in [3.63, 3.8) is 0 Å². The smallest absolute Gasteiger partial charge is 0.284 e. The van der Waals surface area contributed by atoms with Crippen LogP contribution in [0.2, 0.25) is 19.6 Å². The van der Waals surface area contributed by atoms with E-state index in [-0.39, 0.29) is 5.41 Å². The Morgan fingerprint density at radius 2 is 1.91 bits per heavy atom. The topological polar surface area (TPSA) is 51.5 Å². The van der Waals surface area contributed by atoms with E-state index in [4.69, 9.17) is 14.2 Å². The number of nitriles is 1. The van der Waals surface area contributed by atoms with Gasteiger partial charge in [-0.05, 0) is 18.9 Å². The number of nitrogens with zero attached hydrogens (tertiary/aromatic N) is 1. The molecule has 3 rings (SSSR count). The van der Waals surface area contributed by atoms with E-state index in [2.05, 4.69) is 44.1 Å². The van der Waals surface area contributed by atoms with Crippen LogP contribution in [-0.2, 0) is 14.2 Å². The summed E-state index contributed by atoms with van der Waals surface area (Å²) in [5.74, 6) is 2.05. The Morgan fingerprint density at radius 3 is 2.48 bits per heavy atom. The van der Waals surface area contributed by atoms with Crippen molar-refractivity contribution in [2.45, 2.75) is 64.3 Å². The van der Waals surface area contributed by atoms with Crippen LogP contribution in [0.3, 0.4) is 0 Å². The monoisotopic (exact) mass is 333 g/mol. The van der Waals surface area contributed by atoms with Crippen molar-refractivity contribution in [1.82, 2.24) is 0 Å². The van der Waals surface area contributed by atoms with Crippen LogP contribution < -0.4 is 0 Å².